The standard InChI is InChI=1S/C6H10N2/c1-3-4-5-8-6-7-2/h4-6H,2-3H2,1H3/b5-4?,8-6-. The predicted octanol–water partition coefficient (Wildman–Crippen LogP) is 1.64. The van der Waals surface area contributed by atoms with Crippen molar-refractivity contribution < 1.29 is 0 Å². The van der Waals surface area contributed by atoms with Crippen molar-refractivity contribution >= 4 is 13.1 Å². The Labute approximate surface area is 49.7 Å². The Balaban J connectivity index is 3.26. The maximum absolute atomic E-state index is 3.74. The molecule has 0 saturated heterocycles. The number of hydrogen-bond acceptors (Lipinski definition) is 1. The van der Waals surface area contributed by atoms with Crippen LogP contribution in [0.5, 0.6) is 0 Å². The van der Waals surface area contributed by atoms with Crippen LogP contribution in [0.1, 0.15) is 13.3 Å². The fraction of sp³-hybridized carbons (Fsp3) is 0.333. The van der Waals surface area contributed by atoms with Gasteiger partial charge in [0, 0.05) is 6.20 Å². The monoisotopic (exact) mass is 110 g/mol. The first kappa shape index (κ1) is 7.08. The molecule has 0 aromatic heterocycles. The summed E-state index contributed by atoms with van der Waals surface area (Å²) in [7, 11) is 0. The third-order valence-corrected chi connectivity index (χ3v) is 0.575. The fourth-order valence-electron chi connectivity index (χ4n) is 0.252. The molecule has 0 aromatic carbocycles. The molecule has 0 spiro atoms. The van der Waals surface area contributed by atoms with Crippen LogP contribution in [0, 0.1) is 0 Å². The summed E-state index contributed by atoms with van der Waals surface area (Å²) in [6, 6.07) is 0. The van der Waals surface area contributed by atoms with Crippen molar-refractivity contribution in [2.75, 3.05) is 0 Å². The second-order valence-corrected chi connectivity index (χ2v) is 1.24. The van der Waals surface area contributed by atoms with E-state index in [0.29, 0.717) is 0 Å². The lowest BCUT2D eigenvalue weighted by Crippen LogP contribution is -1.57. The summed E-state index contributed by atoms with van der Waals surface area (Å²) >= 11 is 0. The van der Waals surface area contributed by atoms with E-state index in [-0.39, 0.29) is 0 Å². The van der Waals surface area contributed by atoms with Gasteiger partial charge in [-0.3, -0.25) is 4.99 Å². The fourth-order valence-corrected chi connectivity index (χ4v) is 0.252. The SMILES string of the molecule is C=N/C=N\C=CCC. The van der Waals surface area contributed by atoms with Crippen molar-refractivity contribution in [3.05, 3.63) is 12.3 Å². The molecule has 2 nitrogen and oxygen atoms in total. The summed E-state index contributed by atoms with van der Waals surface area (Å²) in [5.74, 6) is 0. The maximum atomic E-state index is 3.74. The van der Waals surface area contributed by atoms with Crippen LogP contribution in [0.2, 0.25) is 0 Å². The zero-order valence-electron chi connectivity index (χ0n) is 5.04. The number of rotatable bonds is 3. The Morgan fingerprint density at radius 3 is 2.88 bits per heavy atom. The van der Waals surface area contributed by atoms with E-state index in [1.165, 1.54) is 6.34 Å². The minimum Gasteiger partial charge on any atom is -0.253 e. The van der Waals surface area contributed by atoms with Gasteiger partial charge in [0.15, 0.2) is 0 Å². The molecule has 0 saturated carbocycles. The molecular formula is C6H10N2. The second kappa shape index (κ2) is 6.08. The molecule has 0 N–H and O–H groups in total. The smallest absolute Gasteiger partial charge is 0.114 e. The molecule has 0 atom stereocenters. The molecule has 44 valence electrons. The molecule has 0 bridgehead atoms. The second-order valence-electron chi connectivity index (χ2n) is 1.24. The zero-order chi connectivity index (χ0) is 6.24. The van der Waals surface area contributed by atoms with Crippen molar-refractivity contribution in [1.82, 2.24) is 0 Å². The molecule has 0 aliphatic carbocycles. The summed E-state index contributed by atoms with van der Waals surface area (Å²) in [5, 5.41) is 0. The molecule has 0 aromatic rings. The Morgan fingerprint density at radius 2 is 2.38 bits per heavy atom. The Hall–Kier alpha value is -0.920. The van der Waals surface area contributed by atoms with E-state index in [4.69, 9.17) is 0 Å². The highest BCUT2D eigenvalue weighted by Crippen LogP contribution is 1.78. The molecule has 0 aliphatic heterocycles. The quantitative estimate of drug-likeness (QED) is 0.389. The van der Waals surface area contributed by atoms with Gasteiger partial charge in [-0.2, -0.15) is 0 Å². The summed E-state index contributed by atoms with van der Waals surface area (Å²) < 4.78 is 0. The number of aliphatic imine (C=N–C) groups is 2. The van der Waals surface area contributed by atoms with E-state index < -0.39 is 0 Å². The molecule has 0 amide bonds. The van der Waals surface area contributed by atoms with Crippen LogP contribution in [0.15, 0.2) is 22.3 Å². The van der Waals surface area contributed by atoms with E-state index in [0.717, 1.165) is 6.42 Å². The van der Waals surface area contributed by atoms with Crippen LogP contribution >= 0.6 is 0 Å². The lowest BCUT2D eigenvalue weighted by Gasteiger charge is -1.71. The van der Waals surface area contributed by atoms with Crippen LogP contribution in [-0.2, 0) is 0 Å². The van der Waals surface area contributed by atoms with E-state index in [1.54, 1.807) is 6.20 Å². The average Bonchev–Trinajstić information content (AvgIpc) is 1.81. The highest BCUT2D eigenvalue weighted by atomic mass is 14.8. The molecular weight excluding hydrogens is 100 g/mol. The molecule has 2 heteroatoms. The third-order valence-electron chi connectivity index (χ3n) is 0.575. The molecule has 0 heterocycles. The first-order valence-corrected chi connectivity index (χ1v) is 2.54. The molecule has 0 radical (unpaired) electrons. The van der Waals surface area contributed by atoms with Gasteiger partial charge >= 0.3 is 0 Å². The molecule has 0 rings (SSSR count). The van der Waals surface area contributed by atoms with Crippen molar-refractivity contribution in [1.29, 1.82) is 0 Å². The highest BCUT2D eigenvalue weighted by molar-refractivity contribution is 5.62. The minimum absolute atomic E-state index is 1.01. The first-order valence-electron chi connectivity index (χ1n) is 2.54. The number of hydrogen-bond donors (Lipinski definition) is 0. The van der Waals surface area contributed by atoms with Crippen molar-refractivity contribution in [2.45, 2.75) is 13.3 Å². The Kier molecular flexibility index (Phi) is 5.38. The van der Waals surface area contributed by atoms with Gasteiger partial charge in [-0.05, 0) is 13.1 Å². The summed E-state index contributed by atoms with van der Waals surface area (Å²) in [5.41, 5.74) is 0. The van der Waals surface area contributed by atoms with Gasteiger partial charge < -0.3 is 0 Å². The lowest BCUT2D eigenvalue weighted by molar-refractivity contribution is 1.21. The van der Waals surface area contributed by atoms with Crippen molar-refractivity contribution in [3.8, 4) is 0 Å². The predicted molar refractivity (Wildman–Crippen MR) is 37.5 cm³/mol. The molecule has 8 heavy (non-hydrogen) atoms. The van der Waals surface area contributed by atoms with Gasteiger partial charge in [-0.25, -0.2) is 4.99 Å². The molecule has 0 unspecified atom stereocenters. The van der Waals surface area contributed by atoms with Crippen LogP contribution < -0.4 is 0 Å². The van der Waals surface area contributed by atoms with Gasteiger partial charge in [0.05, 0.1) is 0 Å². The Bertz CT molecular complexity index is 103. The van der Waals surface area contributed by atoms with Gasteiger partial charge in [-0.1, -0.05) is 13.0 Å². The van der Waals surface area contributed by atoms with Crippen molar-refractivity contribution in [3.63, 3.8) is 0 Å². The topological polar surface area (TPSA) is 24.7 Å². The van der Waals surface area contributed by atoms with E-state index in [2.05, 4.69) is 16.7 Å². The summed E-state index contributed by atoms with van der Waals surface area (Å²) in [6.45, 7) is 5.27. The van der Waals surface area contributed by atoms with Crippen LogP contribution in [0.3, 0.4) is 0 Å². The Morgan fingerprint density at radius 1 is 1.62 bits per heavy atom. The van der Waals surface area contributed by atoms with Gasteiger partial charge in [-0.15, -0.1) is 0 Å². The minimum atomic E-state index is 1.01. The first-order chi connectivity index (χ1) is 3.91. The van der Waals surface area contributed by atoms with Crippen LogP contribution in [-0.4, -0.2) is 13.1 Å². The van der Waals surface area contributed by atoms with Crippen LogP contribution in [0.4, 0.5) is 0 Å². The maximum Gasteiger partial charge on any atom is 0.114 e. The van der Waals surface area contributed by atoms with Gasteiger partial charge in [0.2, 0.25) is 0 Å². The molecule has 0 aliphatic rings. The summed E-state index contributed by atoms with van der Waals surface area (Å²) in [6.07, 6.45) is 6.07. The summed E-state index contributed by atoms with van der Waals surface area (Å²) in [4.78, 5) is 7.16. The number of allylic oxidation sites excluding steroid dienone is 1. The average molecular weight is 110 g/mol. The normalized spacial score (nSPS) is 11.1. The van der Waals surface area contributed by atoms with E-state index in [9.17, 15) is 0 Å². The van der Waals surface area contributed by atoms with E-state index >= 15 is 0 Å². The van der Waals surface area contributed by atoms with E-state index in [1.807, 2.05) is 13.0 Å². The lowest BCUT2D eigenvalue weighted by atomic mass is 10.5. The zero-order valence-corrected chi connectivity index (χ0v) is 5.04. The van der Waals surface area contributed by atoms with Crippen molar-refractivity contribution in [2.24, 2.45) is 9.98 Å². The number of nitrogens with zero attached hydrogens (tertiary/aromatic N) is 2. The van der Waals surface area contributed by atoms with Gasteiger partial charge in [0.1, 0.15) is 6.34 Å². The van der Waals surface area contributed by atoms with Crippen LogP contribution in [0.25, 0.3) is 0 Å². The highest BCUT2D eigenvalue weighted by Gasteiger charge is 1.59. The van der Waals surface area contributed by atoms with Gasteiger partial charge in [0.25, 0.3) is 0 Å². The third kappa shape index (κ3) is 5.08. The molecule has 0 fully saturated rings. The largest absolute Gasteiger partial charge is 0.253 e.